The van der Waals surface area contributed by atoms with Gasteiger partial charge in [0.2, 0.25) is 11.8 Å². The molecule has 23 heavy (non-hydrogen) atoms. The fraction of sp³-hybridized carbons (Fsp3) is 0.467. The highest BCUT2D eigenvalue weighted by atomic mass is 32.2. The summed E-state index contributed by atoms with van der Waals surface area (Å²) < 4.78 is 24.5. The molecule has 1 aromatic rings. The molecular formula is C15H21N3O4S. The van der Waals surface area contributed by atoms with Crippen molar-refractivity contribution in [2.75, 3.05) is 11.4 Å². The minimum atomic E-state index is -3.85. The summed E-state index contributed by atoms with van der Waals surface area (Å²) in [5.74, 6) is -0.802. The van der Waals surface area contributed by atoms with Gasteiger partial charge in [0.1, 0.15) is 0 Å². The van der Waals surface area contributed by atoms with Crippen molar-refractivity contribution in [2.24, 2.45) is 5.92 Å². The Labute approximate surface area is 136 Å². The van der Waals surface area contributed by atoms with Gasteiger partial charge in [-0.15, -0.1) is 4.83 Å². The van der Waals surface area contributed by atoms with E-state index >= 15 is 0 Å². The highest BCUT2D eigenvalue weighted by Gasteiger charge is 2.23. The van der Waals surface area contributed by atoms with E-state index in [9.17, 15) is 18.0 Å². The van der Waals surface area contributed by atoms with Gasteiger partial charge in [-0.05, 0) is 36.6 Å². The number of sulfonamides is 1. The number of anilines is 1. The van der Waals surface area contributed by atoms with E-state index < -0.39 is 15.9 Å². The summed E-state index contributed by atoms with van der Waals surface area (Å²) in [7, 11) is -3.85. The minimum Gasteiger partial charge on any atom is -0.312 e. The second-order valence-electron chi connectivity index (χ2n) is 5.81. The quantitative estimate of drug-likeness (QED) is 0.799. The lowest BCUT2D eigenvalue weighted by atomic mass is 10.0. The van der Waals surface area contributed by atoms with Gasteiger partial charge >= 0.3 is 0 Å². The molecule has 1 aliphatic heterocycles. The molecule has 7 nitrogen and oxygen atoms in total. The molecule has 0 saturated heterocycles. The van der Waals surface area contributed by atoms with Crippen molar-refractivity contribution in [2.45, 2.75) is 38.5 Å². The predicted molar refractivity (Wildman–Crippen MR) is 86.1 cm³/mol. The molecule has 0 spiro atoms. The van der Waals surface area contributed by atoms with Gasteiger partial charge in [0.25, 0.3) is 10.0 Å². The van der Waals surface area contributed by atoms with Gasteiger partial charge in [-0.3, -0.25) is 15.0 Å². The number of nitrogens with zero attached hydrogens (tertiary/aromatic N) is 1. The number of amides is 2. The van der Waals surface area contributed by atoms with E-state index in [1.165, 1.54) is 13.0 Å². The fourth-order valence-corrected chi connectivity index (χ4v) is 3.29. The summed E-state index contributed by atoms with van der Waals surface area (Å²) in [5.41, 5.74) is 3.74. The molecule has 2 rings (SSSR count). The first-order valence-electron chi connectivity index (χ1n) is 7.45. The zero-order valence-electron chi connectivity index (χ0n) is 13.4. The van der Waals surface area contributed by atoms with Crippen molar-refractivity contribution >= 4 is 27.5 Å². The summed E-state index contributed by atoms with van der Waals surface area (Å²) in [6.07, 6.45) is 1.49. The van der Waals surface area contributed by atoms with Crippen LogP contribution in [0.2, 0.25) is 0 Å². The Bertz CT molecular complexity index is 728. The highest BCUT2D eigenvalue weighted by molar-refractivity contribution is 7.89. The number of nitrogens with one attached hydrogen (secondary N) is 2. The minimum absolute atomic E-state index is 0.0608. The third-order valence-electron chi connectivity index (χ3n) is 3.69. The number of aryl methyl sites for hydroxylation is 1. The van der Waals surface area contributed by atoms with Crippen LogP contribution in [0, 0.1) is 5.92 Å². The molecule has 0 saturated carbocycles. The number of benzene rings is 1. The van der Waals surface area contributed by atoms with Gasteiger partial charge < -0.3 is 4.90 Å². The second-order valence-corrected chi connectivity index (χ2v) is 7.50. The van der Waals surface area contributed by atoms with E-state index in [0.717, 1.165) is 17.7 Å². The standard InChI is InChI=1S/C15H21N3O4S/c1-10(2)15(20)16-17-23(21,22)13-6-7-14-12(9-13)5-4-8-18(14)11(3)19/h6-7,9-10,17H,4-5,8H2,1-3H3,(H,16,20). The maximum atomic E-state index is 12.3. The van der Waals surface area contributed by atoms with Crippen molar-refractivity contribution in [3.63, 3.8) is 0 Å². The number of carbonyl (C=O) groups excluding carboxylic acids is 2. The van der Waals surface area contributed by atoms with Crippen LogP contribution in [0.1, 0.15) is 32.8 Å². The van der Waals surface area contributed by atoms with Crippen LogP contribution >= 0.6 is 0 Å². The van der Waals surface area contributed by atoms with Crippen LogP contribution in [0.4, 0.5) is 5.69 Å². The van der Waals surface area contributed by atoms with E-state index in [4.69, 9.17) is 0 Å². The molecule has 1 aliphatic rings. The zero-order chi connectivity index (χ0) is 17.2. The Balaban J connectivity index is 2.24. The van der Waals surface area contributed by atoms with E-state index in [1.807, 2.05) is 0 Å². The first kappa shape index (κ1) is 17.4. The van der Waals surface area contributed by atoms with Gasteiger partial charge in [0.05, 0.1) is 4.90 Å². The lowest BCUT2D eigenvalue weighted by Gasteiger charge is -2.28. The lowest BCUT2D eigenvalue weighted by Crippen LogP contribution is -2.43. The lowest BCUT2D eigenvalue weighted by molar-refractivity contribution is -0.124. The largest absolute Gasteiger partial charge is 0.312 e. The van der Waals surface area contributed by atoms with Crippen LogP contribution in [0.5, 0.6) is 0 Å². The summed E-state index contributed by atoms with van der Waals surface area (Å²) in [6.45, 7) is 5.46. The molecule has 0 atom stereocenters. The van der Waals surface area contributed by atoms with E-state index in [1.54, 1.807) is 30.9 Å². The molecule has 0 aliphatic carbocycles. The Kier molecular flexibility index (Phi) is 5.06. The topological polar surface area (TPSA) is 95.6 Å². The summed E-state index contributed by atoms with van der Waals surface area (Å²) in [5, 5.41) is 0. The molecule has 2 N–H and O–H groups in total. The molecule has 126 valence electrons. The number of fused-ring (bicyclic) bond motifs is 1. The average Bonchev–Trinajstić information content (AvgIpc) is 2.51. The maximum absolute atomic E-state index is 12.3. The van der Waals surface area contributed by atoms with Crippen LogP contribution in [0.25, 0.3) is 0 Å². The van der Waals surface area contributed by atoms with Gasteiger partial charge in [-0.1, -0.05) is 13.8 Å². The smallest absolute Gasteiger partial charge is 0.257 e. The molecule has 1 aromatic carbocycles. The first-order chi connectivity index (χ1) is 10.7. The zero-order valence-corrected chi connectivity index (χ0v) is 14.2. The number of hydrazine groups is 1. The Morgan fingerprint density at radius 3 is 2.57 bits per heavy atom. The summed E-state index contributed by atoms with van der Waals surface area (Å²) in [4.78, 5) is 26.9. The van der Waals surface area contributed by atoms with E-state index in [2.05, 4.69) is 10.3 Å². The summed E-state index contributed by atoms with van der Waals surface area (Å²) in [6, 6.07) is 4.62. The van der Waals surface area contributed by atoms with Gasteiger partial charge in [-0.25, -0.2) is 8.42 Å². The normalized spacial score (nSPS) is 14.5. The molecule has 0 radical (unpaired) electrons. The van der Waals surface area contributed by atoms with E-state index in [-0.39, 0.29) is 16.7 Å². The maximum Gasteiger partial charge on any atom is 0.257 e. The third-order valence-corrected chi connectivity index (χ3v) is 4.94. The second kappa shape index (κ2) is 6.67. The Morgan fingerprint density at radius 1 is 1.26 bits per heavy atom. The first-order valence-corrected chi connectivity index (χ1v) is 8.93. The van der Waals surface area contributed by atoms with E-state index in [0.29, 0.717) is 13.0 Å². The summed E-state index contributed by atoms with van der Waals surface area (Å²) >= 11 is 0. The average molecular weight is 339 g/mol. The molecule has 0 fully saturated rings. The Hall–Kier alpha value is -1.93. The monoisotopic (exact) mass is 339 g/mol. The van der Waals surface area contributed by atoms with Crippen LogP contribution in [0.3, 0.4) is 0 Å². The Morgan fingerprint density at radius 2 is 1.96 bits per heavy atom. The van der Waals surface area contributed by atoms with Gasteiger partial charge in [0.15, 0.2) is 0 Å². The molecule has 0 bridgehead atoms. The van der Waals surface area contributed by atoms with Gasteiger partial charge in [-0.2, -0.15) is 0 Å². The van der Waals surface area contributed by atoms with Crippen molar-refractivity contribution in [1.82, 2.24) is 10.3 Å². The third kappa shape index (κ3) is 3.89. The van der Waals surface area contributed by atoms with Crippen molar-refractivity contribution in [3.8, 4) is 0 Å². The number of carbonyl (C=O) groups is 2. The van der Waals surface area contributed by atoms with Crippen molar-refractivity contribution < 1.29 is 18.0 Å². The molecule has 8 heteroatoms. The molecule has 0 aromatic heterocycles. The fourth-order valence-electron chi connectivity index (χ4n) is 2.39. The van der Waals surface area contributed by atoms with Crippen molar-refractivity contribution in [3.05, 3.63) is 23.8 Å². The predicted octanol–water partition coefficient (Wildman–Crippen LogP) is 0.951. The number of hydrogen-bond acceptors (Lipinski definition) is 4. The molecule has 2 amide bonds. The number of hydrogen-bond donors (Lipinski definition) is 2. The molecule has 0 unspecified atom stereocenters. The number of rotatable bonds is 4. The van der Waals surface area contributed by atoms with Crippen molar-refractivity contribution in [1.29, 1.82) is 0 Å². The molecular weight excluding hydrogens is 318 g/mol. The molecule has 1 heterocycles. The SMILES string of the molecule is CC(=O)N1CCCc2cc(S(=O)(=O)NNC(=O)C(C)C)ccc21. The highest BCUT2D eigenvalue weighted by Crippen LogP contribution is 2.29. The van der Waals surface area contributed by atoms with Crippen LogP contribution < -0.4 is 15.2 Å². The van der Waals surface area contributed by atoms with Crippen LogP contribution in [-0.2, 0) is 26.0 Å². The van der Waals surface area contributed by atoms with Gasteiger partial charge in [0, 0.05) is 25.1 Å². The van der Waals surface area contributed by atoms with Crippen LogP contribution in [0.15, 0.2) is 23.1 Å². The van der Waals surface area contributed by atoms with Crippen LogP contribution in [-0.4, -0.2) is 26.8 Å².